The van der Waals surface area contributed by atoms with Gasteiger partial charge in [0, 0.05) is 18.4 Å². The largest absolute Gasteiger partial charge is 0.489 e. The number of nitrogens with one attached hydrogen (secondary N) is 1. The molecule has 1 fully saturated rings. The summed E-state index contributed by atoms with van der Waals surface area (Å²) in [5.74, 6) is 0.257. The molecule has 144 valence electrons. The van der Waals surface area contributed by atoms with Crippen LogP contribution < -0.4 is 10.1 Å². The Balaban J connectivity index is 1.73. The fourth-order valence-corrected chi connectivity index (χ4v) is 3.49. The average molecular weight is 389 g/mol. The van der Waals surface area contributed by atoms with Crippen LogP contribution in [-0.4, -0.2) is 39.9 Å². The van der Waals surface area contributed by atoms with Crippen molar-refractivity contribution in [3.05, 3.63) is 53.6 Å². The van der Waals surface area contributed by atoms with Crippen LogP contribution in [0.2, 0.25) is 0 Å². The minimum atomic E-state index is -3.29. The summed E-state index contributed by atoms with van der Waals surface area (Å²) in [6.45, 7) is 3.15. The quantitative estimate of drug-likeness (QED) is 0.820. The van der Waals surface area contributed by atoms with E-state index >= 15 is 0 Å². The van der Waals surface area contributed by atoms with E-state index in [1.165, 1.54) is 24.3 Å². The zero-order valence-electron chi connectivity index (χ0n) is 15.4. The van der Waals surface area contributed by atoms with E-state index < -0.39 is 9.84 Å². The lowest BCUT2D eigenvalue weighted by atomic mass is 10.1. The number of amides is 1. The SMILES string of the molecule is Cc1ccc(NC(=O)c2ccc(S(C)(=O)=O)cc2)c(OCC2CCCO2)c1. The van der Waals surface area contributed by atoms with Gasteiger partial charge in [0.15, 0.2) is 9.84 Å². The molecule has 1 N–H and O–H groups in total. The second-order valence-electron chi connectivity index (χ2n) is 6.70. The first kappa shape index (κ1) is 19.4. The third-order valence-corrected chi connectivity index (χ3v) is 5.51. The molecule has 0 saturated carbocycles. The Hall–Kier alpha value is -2.38. The molecule has 1 heterocycles. The van der Waals surface area contributed by atoms with Crippen LogP contribution >= 0.6 is 0 Å². The van der Waals surface area contributed by atoms with Crippen molar-refractivity contribution in [2.45, 2.75) is 30.8 Å². The maximum absolute atomic E-state index is 12.5. The lowest BCUT2D eigenvalue weighted by Gasteiger charge is -2.16. The molecule has 7 heteroatoms. The lowest BCUT2D eigenvalue weighted by molar-refractivity contribution is 0.0681. The summed E-state index contributed by atoms with van der Waals surface area (Å²) < 4.78 is 34.5. The summed E-state index contributed by atoms with van der Waals surface area (Å²) in [4.78, 5) is 12.7. The number of ether oxygens (including phenoxy) is 2. The number of sulfone groups is 1. The van der Waals surface area contributed by atoms with Crippen molar-refractivity contribution in [2.24, 2.45) is 0 Å². The van der Waals surface area contributed by atoms with Gasteiger partial charge in [-0.25, -0.2) is 8.42 Å². The van der Waals surface area contributed by atoms with Gasteiger partial charge in [-0.2, -0.15) is 0 Å². The van der Waals surface area contributed by atoms with Gasteiger partial charge in [-0.15, -0.1) is 0 Å². The fraction of sp³-hybridized carbons (Fsp3) is 0.350. The van der Waals surface area contributed by atoms with Crippen LogP contribution in [0.3, 0.4) is 0 Å². The third kappa shape index (κ3) is 5.08. The number of rotatable bonds is 6. The van der Waals surface area contributed by atoms with Gasteiger partial charge in [-0.3, -0.25) is 4.79 Å². The minimum absolute atomic E-state index is 0.0811. The number of anilines is 1. The molecule has 1 atom stereocenters. The summed E-state index contributed by atoms with van der Waals surface area (Å²) in [5, 5.41) is 2.83. The smallest absolute Gasteiger partial charge is 0.255 e. The van der Waals surface area contributed by atoms with Crippen molar-refractivity contribution in [3.63, 3.8) is 0 Å². The lowest BCUT2D eigenvalue weighted by Crippen LogP contribution is -2.18. The molecule has 1 saturated heterocycles. The average Bonchev–Trinajstić information content (AvgIpc) is 3.15. The number of benzene rings is 2. The molecule has 1 aliphatic heterocycles. The van der Waals surface area contributed by atoms with Crippen molar-refractivity contribution in [2.75, 3.05) is 24.8 Å². The van der Waals surface area contributed by atoms with Crippen LogP contribution in [0.4, 0.5) is 5.69 Å². The molecule has 0 bridgehead atoms. The molecule has 1 aliphatic rings. The number of aryl methyl sites for hydroxylation is 1. The van der Waals surface area contributed by atoms with E-state index in [0.717, 1.165) is 31.3 Å². The summed E-state index contributed by atoms with van der Waals surface area (Å²) >= 11 is 0. The van der Waals surface area contributed by atoms with Gasteiger partial charge in [0.1, 0.15) is 12.4 Å². The van der Waals surface area contributed by atoms with E-state index in [1.807, 2.05) is 19.1 Å². The molecular weight excluding hydrogens is 366 g/mol. The maximum Gasteiger partial charge on any atom is 0.255 e. The molecule has 0 spiro atoms. The van der Waals surface area contributed by atoms with Gasteiger partial charge in [0.05, 0.1) is 16.7 Å². The molecule has 0 aliphatic carbocycles. The van der Waals surface area contributed by atoms with Gasteiger partial charge in [-0.05, 0) is 61.7 Å². The monoisotopic (exact) mass is 389 g/mol. The fourth-order valence-electron chi connectivity index (χ4n) is 2.86. The van der Waals surface area contributed by atoms with Crippen molar-refractivity contribution in [3.8, 4) is 5.75 Å². The molecule has 0 radical (unpaired) electrons. The predicted octanol–water partition coefficient (Wildman–Crippen LogP) is 3.21. The molecule has 1 unspecified atom stereocenters. The van der Waals surface area contributed by atoms with E-state index in [-0.39, 0.29) is 16.9 Å². The zero-order chi connectivity index (χ0) is 19.4. The number of carbonyl (C=O) groups is 1. The topological polar surface area (TPSA) is 81.7 Å². The molecule has 2 aromatic carbocycles. The second kappa shape index (κ2) is 8.10. The molecule has 27 heavy (non-hydrogen) atoms. The van der Waals surface area contributed by atoms with Gasteiger partial charge in [0.25, 0.3) is 5.91 Å². The second-order valence-corrected chi connectivity index (χ2v) is 8.71. The maximum atomic E-state index is 12.5. The Bertz CT molecular complexity index is 916. The van der Waals surface area contributed by atoms with Gasteiger partial charge < -0.3 is 14.8 Å². The highest BCUT2D eigenvalue weighted by molar-refractivity contribution is 7.90. The molecule has 1 amide bonds. The Morgan fingerprint density at radius 2 is 1.96 bits per heavy atom. The Labute approximate surface area is 159 Å². The highest BCUT2D eigenvalue weighted by Gasteiger charge is 2.18. The first-order chi connectivity index (χ1) is 12.8. The highest BCUT2D eigenvalue weighted by atomic mass is 32.2. The Morgan fingerprint density at radius 1 is 1.22 bits per heavy atom. The predicted molar refractivity (Wildman–Crippen MR) is 103 cm³/mol. The van der Waals surface area contributed by atoms with E-state index in [1.54, 1.807) is 6.07 Å². The molecule has 3 rings (SSSR count). The summed E-state index contributed by atoms with van der Waals surface area (Å²) in [6.07, 6.45) is 3.22. The minimum Gasteiger partial charge on any atom is -0.489 e. The summed E-state index contributed by atoms with van der Waals surface area (Å²) in [5.41, 5.74) is 1.96. The normalized spacial score (nSPS) is 16.9. The zero-order valence-corrected chi connectivity index (χ0v) is 16.2. The molecule has 2 aromatic rings. The molecular formula is C20H23NO5S. The van der Waals surface area contributed by atoms with Gasteiger partial charge in [-0.1, -0.05) is 6.07 Å². The van der Waals surface area contributed by atoms with Crippen LogP contribution in [0.1, 0.15) is 28.8 Å². The third-order valence-electron chi connectivity index (χ3n) is 4.38. The Morgan fingerprint density at radius 3 is 2.59 bits per heavy atom. The first-order valence-electron chi connectivity index (χ1n) is 8.79. The van der Waals surface area contributed by atoms with Crippen molar-refractivity contribution >= 4 is 21.4 Å². The van der Waals surface area contributed by atoms with Crippen LogP contribution in [0.25, 0.3) is 0 Å². The van der Waals surface area contributed by atoms with Crippen molar-refractivity contribution in [1.29, 1.82) is 0 Å². The van der Waals surface area contributed by atoms with Crippen molar-refractivity contribution in [1.82, 2.24) is 0 Å². The van der Waals surface area contributed by atoms with Crippen LogP contribution in [0, 0.1) is 6.92 Å². The van der Waals surface area contributed by atoms with Gasteiger partial charge >= 0.3 is 0 Å². The van der Waals surface area contributed by atoms with Crippen LogP contribution in [0.5, 0.6) is 5.75 Å². The molecule has 6 nitrogen and oxygen atoms in total. The van der Waals surface area contributed by atoms with E-state index in [0.29, 0.717) is 23.6 Å². The summed E-state index contributed by atoms with van der Waals surface area (Å²) in [6, 6.07) is 11.4. The van der Waals surface area contributed by atoms with Gasteiger partial charge in [0.2, 0.25) is 0 Å². The highest BCUT2D eigenvalue weighted by Crippen LogP contribution is 2.27. The van der Waals surface area contributed by atoms with E-state index in [4.69, 9.17) is 9.47 Å². The van der Waals surface area contributed by atoms with Crippen LogP contribution in [-0.2, 0) is 14.6 Å². The van der Waals surface area contributed by atoms with E-state index in [2.05, 4.69) is 5.32 Å². The first-order valence-corrected chi connectivity index (χ1v) is 10.7. The van der Waals surface area contributed by atoms with Crippen molar-refractivity contribution < 1.29 is 22.7 Å². The summed E-state index contributed by atoms with van der Waals surface area (Å²) in [7, 11) is -3.29. The van der Waals surface area contributed by atoms with E-state index in [9.17, 15) is 13.2 Å². The Kier molecular flexibility index (Phi) is 5.82. The number of hydrogen-bond acceptors (Lipinski definition) is 5. The van der Waals surface area contributed by atoms with Crippen LogP contribution in [0.15, 0.2) is 47.4 Å². The standard InChI is InChI=1S/C20H23NO5S/c1-14-5-10-18(19(12-14)26-13-16-4-3-11-25-16)21-20(22)15-6-8-17(9-7-15)27(2,23)24/h5-10,12,16H,3-4,11,13H2,1-2H3,(H,21,22). The molecule has 0 aromatic heterocycles. The number of carbonyl (C=O) groups excluding carboxylic acids is 1. The number of hydrogen-bond donors (Lipinski definition) is 1.